The van der Waals surface area contributed by atoms with Crippen molar-refractivity contribution in [3.63, 3.8) is 0 Å². The highest BCUT2D eigenvalue weighted by Crippen LogP contribution is 2.28. The highest BCUT2D eigenvalue weighted by Gasteiger charge is 2.43. The molecule has 40 heavy (non-hydrogen) atoms. The molecule has 0 saturated carbocycles. The van der Waals surface area contributed by atoms with Crippen molar-refractivity contribution in [2.24, 2.45) is 0 Å². The van der Waals surface area contributed by atoms with Crippen LogP contribution in [0.25, 0.3) is 0 Å². The van der Waals surface area contributed by atoms with E-state index in [-0.39, 0.29) is 11.7 Å². The largest absolute Gasteiger partial charge is 0.394 e. The van der Waals surface area contributed by atoms with Gasteiger partial charge in [0.2, 0.25) is 5.91 Å². The first-order valence-electron chi connectivity index (χ1n) is 16.0. The fourth-order valence-corrected chi connectivity index (χ4v) is 5.36. The first-order chi connectivity index (χ1) is 19.5. The van der Waals surface area contributed by atoms with Crippen LogP contribution >= 0.6 is 0 Å². The second kappa shape index (κ2) is 21.0. The molecular formula is C31H55N3O6. The number of nitrogens with one attached hydrogen (secondary N) is 1. The molecule has 2 rings (SSSR count). The van der Waals surface area contributed by atoms with Crippen LogP contribution in [0.3, 0.4) is 0 Å². The summed E-state index contributed by atoms with van der Waals surface area (Å²) in [6.45, 7) is 1.79. The van der Waals surface area contributed by atoms with Gasteiger partial charge in [0.15, 0.2) is 6.23 Å². The van der Waals surface area contributed by atoms with Crippen LogP contribution in [-0.2, 0) is 9.53 Å². The first-order valence-corrected chi connectivity index (χ1v) is 16.0. The topological polar surface area (TPSA) is 134 Å². The third kappa shape index (κ3) is 13.2. The molecular weight excluding hydrogens is 510 g/mol. The number of anilines is 1. The third-order valence-corrected chi connectivity index (χ3v) is 7.90. The number of hydrogen-bond acceptors (Lipinski definition) is 7. The lowest BCUT2D eigenvalue weighted by Gasteiger charge is -2.17. The molecule has 0 radical (unpaired) electrons. The van der Waals surface area contributed by atoms with Crippen molar-refractivity contribution in [1.82, 2.24) is 9.55 Å². The number of carbonyl (C=O) groups excluding carboxylic acids is 1. The summed E-state index contributed by atoms with van der Waals surface area (Å²) in [5.74, 6) is -0.0552. The Labute approximate surface area is 240 Å². The lowest BCUT2D eigenvalue weighted by molar-refractivity contribution is -0.116. The predicted octanol–water partition coefficient (Wildman–Crippen LogP) is 5.62. The smallest absolute Gasteiger partial charge is 0.351 e. The molecule has 4 N–H and O–H groups in total. The molecule has 1 fully saturated rings. The molecule has 1 aliphatic heterocycles. The Balaban J connectivity index is 1.43. The van der Waals surface area contributed by atoms with Gasteiger partial charge in [-0.3, -0.25) is 9.36 Å². The standard InChI is InChI=1S/C31H55N3O6/c1-2-3-4-5-6-7-8-9-10-11-12-13-14-15-16-17-18-19-20-21-27(36)32-26-22-23-34(31(39)33-26)30-29(38)28(37)25(24-35)40-30/h22-23,25,28-30,35,37-38H,2-21,24H2,1H3,(H,32,33,36,39)/t25-,28+,29?,30-/m1/s1. The molecule has 0 aliphatic carbocycles. The SMILES string of the molecule is CCCCCCCCCCCCCCCCCCCCCC(=O)Nc1ccn([C@@H]2O[C@H](CO)[C@H](O)C2O)c(=O)n1. The zero-order chi connectivity index (χ0) is 29.0. The summed E-state index contributed by atoms with van der Waals surface area (Å²) in [7, 11) is 0. The van der Waals surface area contributed by atoms with E-state index in [0.717, 1.165) is 23.8 Å². The predicted molar refractivity (Wildman–Crippen MR) is 158 cm³/mol. The molecule has 1 aliphatic rings. The average molecular weight is 566 g/mol. The lowest BCUT2D eigenvalue weighted by atomic mass is 10.0. The molecule has 9 heteroatoms. The minimum absolute atomic E-state index is 0.135. The van der Waals surface area contributed by atoms with Gasteiger partial charge in [-0.1, -0.05) is 122 Å². The number of amides is 1. The Morgan fingerprint density at radius 3 is 1.73 bits per heavy atom. The molecule has 1 unspecified atom stereocenters. The van der Waals surface area contributed by atoms with Gasteiger partial charge in [0.25, 0.3) is 0 Å². The Bertz CT molecular complexity index is 864. The van der Waals surface area contributed by atoms with Crippen molar-refractivity contribution >= 4 is 11.7 Å². The van der Waals surface area contributed by atoms with E-state index in [9.17, 15) is 24.9 Å². The van der Waals surface area contributed by atoms with Gasteiger partial charge in [0.1, 0.15) is 24.1 Å². The molecule has 0 bridgehead atoms. The molecule has 0 aromatic carbocycles. The summed E-state index contributed by atoms with van der Waals surface area (Å²) < 4.78 is 6.40. The summed E-state index contributed by atoms with van der Waals surface area (Å²) in [6, 6.07) is 1.45. The van der Waals surface area contributed by atoms with Crippen molar-refractivity contribution in [1.29, 1.82) is 0 Å². The first kappa shape index (κ1) is 34.4. The molecule has 230 valence electrons. The second-order valence-electron chi connectivity index (χ2n) is 11.4. The van der Waals surface area contributed by atoms with Gasteiger partial charge in [-0.25, -0.2) is 4.79 Å². The van der Waals surface area contributed by atoms with Gasteiger partial charge >= 0.3 is 5.69 Å². The van der Waals surface area contributed by atoms with E-state index in [1.807, 2.05) is 0 Å². The van der Waals surface area contributed by atoms with Crippen LogP contribution < -0.4 is 11.0 Å². The number of hydrogen-bond donors (Lipinski definition) is 4. The number of aliphatic hydroxyl groups is 3. The van der Waals surface area contributed by atoms with Crippen LogP contribution in [0.2, 0.25) is 0 Å². The summed E-state index contributed by atoms with van der Waals surface area (Å²) in [5, 5.41) is 31.8. The highest BCUT2D eigenvalue weighted by atomic mass is 16.6. The monoisotopic (exact) mass is 565 g/mol. The summed E-state index contributed by atoms with van der Waals surface area (Å²) in [4.78, 5) is 28.4. The van der Waals surface area contributed by atoms with Gasteiger partial charge in [0, 0.05) is 12.6 Å². The van der Waals surface area contributed by atoms with Crippen molar-refractivity contribution in [3.8, 4) is 0 Å². The number of rotatable bonds is 23. The molecule has 4 atom stereocenters. The summed E-state index contributed by atoms with van der Waals surface area (Å²) in [6.07, 6.45) is 21.7. The maximum Gasteiger partial charge on any atom is 0.351 e. The molecule has 1 saturated heterocycles. The van der Waals surface area contributed by atoms with E-state index in [1.165, 1.54) is 115 Å². The number of aliphatic hydroxyl groups excluding tert-OH is 3. The van der Waals surface area contributed by atoms with Gasteiger partial charge in [-0.2, -0.15) is 4.98 Å². The fraction of sp³-hybridized carbons (Fsp3) is 0.839. The normalized spacial score (nSPS) is 20.7. The van der Waals surface area contributed by atoms with Crippen molar-refractivity contribution in [2.45, 2.75) is 160 Å². The summed E-state index contributed by atoms with van der Waals surface area (Å²) in [5.41, 5.74) is -0.726. The maximum atomic E-state index is 12.4. The van der Waals surface area contributed by atoms with Gasteiger partial charge in [-0.05, 0) is 12.5 Å². The van der Waals surface area contributed by atoms with E-state index in [0.29, 0.717) is 6.42 Å². The van der Waals surface area contributed by atoms with Crippen LogP contribution in [0.1, 0.15) is 142 Å². The van der Waals surface area contributed by atoms with Crippen LogP contribution in [0.5, 0.6) is 0 Å². The molecule has 9 nitrogen and oxygen atoms in total. The highest BCUT2D eigenvalue weighted by molar-refractivity contribution is 5.89. The lowest BCUT2D eigenvalue weighted by Crippen LogP contribution is -2.36. The number of nitrogens with zero attached hydrogens (tertiary/aromatic N) is 2. The Morgan fingerprint density at radius 1 is 0.825 bits per heavy atom. The molecule has 1 amide bonds. The van der Waals surface area contributed by atoms with E-state index >= 15 is 0 Å². The van der Waals surface area contributed by atoms with Gasteiger partial charge in [0.05, 0.1) is 6.61 Å². The summed E-state index contributed by atoms with van der Waals surface area (Å²) >= 11 is 0. The van der Waals surface area contributed by atoms with Crippen molar-refractivity contribution in [2.75, 3.05) is 11.9 Å². The third-order valence-electron chi connectivity index (χ3n) is 7.90. The van der Waals surface area contributed by atoms with E-state index in [4.69, 9.17) is 4.74 Å². The average Bonchev–Trinajstić information content (AvgIpc) is 3.23. The van der Waals surface area contributed by atoms with Crippen molar-refractivity contribution < 1.29 is 24.9 Å². The number of ether oxygens (including phenoxy) is 1. The molecule has 2 heterocycles. The Hall–Kier alpha value is -1.81. The maximum absolute atomic E-state index is 12.4. The minimum Gasteiger partial charge on any atom is -0.394 e. The van der Waals surface area contributed by atoms with Crippen LogP contribution in [-0.4, -0.2) is 55.7 Å². The zero-order valence-corrected chi connectivity index (χ0v) is 24.8. The van der Waals surface area contributed by atoms with Crippen LogP contribution in [0.4, 0.5) is 5.82 Å². The minimum atomic E-state index is -1.37. The van der Waals surface area contributed by atoms with E-state index < -0.39 is 36.8 Å². The van der Waals surface area contributed by atoms with Gasteiger partial charge < -0.3 is 25.4 Å². The molecule has 0 spiro atoms. The quantitative estimate of drug-likeness (QED) is 0.127. The number of aromatic nitrogens is 2. The van der Waals surface area contributed by atoms with Crippen molar-refractivity contribution in [3.05, 3.63) is 22.7 Å². The molecule has 1 aromatic rings. The molecule has 1 aromatic heterocycles. The Kier molecular flexibility index (Phi) is 18.0. The second-order valence-corrected chi connectivity index (χ2v) is 11.4. The van der Waals surface area contributed by atoms with Gasteiger partial charge in [-0.15, -0.1) is 0 Å². The van der Waals surface area contributed by atoms with E-state index in [1.54, 1.807) is 0 Å². The van der Waals surface area contributed by atoms with E-state index in [2.05, 4.69) is 17.2 Å². The fourth-order valence-electron chi connectivity index (χ4n) is 5.36. The van der Waals surface area contributed by atoms with Crippen LogP contribution in [0.15, 0.2) is 17.1 Å². The number of carbonyl (C=O) groups is 1. The number of unbranched alkanes of at least 4 members (excludes halogenated alkanes) is 18. The zero-order valence-electron chi connectivity index (χ0n) is 24.8. The van der Waals surface area contributed by atoms with Crippen LogP contribution in [0, 0.1) is 0 Å². The Morgan fingerprint density at radius 2 is 1.30 bits per heavy atom.